The molecule has 0 saturated carbocycles. The van der Waals surface area contributed by atoms with Gasteiger partial charge < -0.3 is 19.7 Å². The van der Waals surface area contributed by atoms with Crippen molar-refractivity contribution in [1.29, 1.82) is 0 Å². The van der Waals surface area contributed by atoms with Crippen LogP contribution in [0.1, 0.15) is 91.6 Å². The maximum atomic E-state index is 14.9. The number of rotatable bonds is 13. The lowest BCUT2D eigenvalue weighted by Crippen LogP contribution is -2.22. The van der Waals surface area contributed by atoms with Crippen LogP contribution >= 0.6 is 0 Å². The van der Waals surface area contributed by atoms with Crippen LogP contribution in [0.25, 0.3) is 0 Å². The molecule has 0 fully saturated rings. The lowest BCUT2D eigenvalue weighted by Gasteiger charge is -2.20. The molecule has 4 rings (SSSR count). The van der Waals surface area contributed by atoms with Gasteiger partial charge in [-0.2, -0.15) is 0 Å². The molecule has 226 valence electrons. The van der Waals surface area contributed by atoms with E-state index in [-0.39, 0.29) is 17.7 Å². The number of halogens is 1. The van der Waals surface area contributed by atoms with Crippen molar-refractivity contribution >= 4 is 23.5 Å². The van der Waals surface area contributed by atoms with Crippen LogP contribution in [0.3, 0.4) is 0 Å². The molecule has 4 aromatic rings. The average Bonchev–Trinajstić information content (AvgIpc) is 3.05. The number of hydrogen-bond acceptors (Lipinski definition) is 8. The molecule has 0 aromatic heterocycles. The molecule has 2 N–H and O–H groups in total. The first-order valence-corrected chi connectivity index (χ1v) is 14.2. The number of esters is 2. The number of ether oxygens (including phenoxy) is 2. The Hall–Kier alpha value is -5.31. The summed E-state index contributed by atoms with van der Waals surface area (Å²) in [5, 5.41) is 22.3. The molecule has 0 radical (unpaired) electrons. The number of aromatic hydroxyl groups is 2. The van der Waals surface area contributed by atoms with E-state index in [9.17, 15) is 33.8 Å². The number of carbonyl (C=O) groups is 4. The smallest absolute Gasteiger partial charge is 0.343 e. The molecule has 9 heteroatoms. The average molecular weight is 599 g/mol. The molecule has 8 nitrogen and oxygen atoms in total. The minimum Gasteiger partial charge on any atom is -0.504 e. The van der Waals surface area contributed by atoms with Gasteiger partial charge in [-0.1, -0.05) is 93.3 Å². The second kappa shape index (κ2) is 14.7. The van der Waals surface area contributed by atoms with Crippen molar-refractivity contribution in [2.45, 2.75) is 39.0 Å². The van der Waals surface area contributed by atoms with Gasteiger partial charge in [-0.25, -0.2) is 14.0 Å². The monoisotopic (exact) mass is 598 g/mol. The minimum atomic E-state index is -1.20. The van der Waals surface area contributed by atoms with E-state index < -0.39 is 68.8 Å². The highest BCUT2D eigenvalue weighted by atomic mass is 19.1. The predicted molar refractivity (Wildman–Crippen MR) is 160 cm³/mol. The molecule has 4 aromatic carbocycles. The molecule has 0 aliphatic heterocycles. The van der Waals surface area contributed by atoms with Crippen LogP contribution in [0.15, 0.2) is 84.9 Å². The van der Waals surface area contributed by atoms with Crippen LogP contribution in [0.5, 0.6) is 17.2 Å². The predicted octanol–water partition coefficient (Wildman–Crippen LogP) is 7.05. The van der Waals surface area contributed by atoms with E-state index in [4.69, 9.17) is 9.47 Å². The summed E-state index contributed by atoms with van der Waals surface area (Å²) in [5.74, 6) is -8.56. The molecule has 0 amide bonds. The van der Waals surface area contributed by atoms with Gasteiger partial charge >= 0.3 is 11.9 Å². The quantitative estimate of drug-likeness (QED) is 0.0551. The molecular formula is C35H31FO8. The molecule has 0 unspecified atom stereocenters. The molecule has 44 heavy (non-hydrogen) atoms. The number of ketones is 2. The molecule has 0 aliphatic rings. The Morgan fingerprint density at radius 2 is 1.23 bits per heavy atom. The van der Waals surface area contributed by atoms with Crippen molar-refractivity contribution < 1.29 is 43.3 Å². The Bertz CT molecular complexity index is 1670. The Labute approximate surface area is 253 Å². The van der Waals surface area contributed by atoms with Gasteiger partial charge in [-0.15, -0.1) is 0 Å². The molecule has 0 bridgehead atoms. The Morgan fingerprint density at radius 1 is 0.636 bits per heavy atom. The second-order valence-corrected chi connectivity index (χ2v) is 9.96. The first-order chi connectivity index (χ1) is 21.3. The van der Waals surface area contributed by atoms with Crippen molar-refractivity contribution in [3.8, 4) is 17.2 Å². The van der Waals surface area contributed by atoms with Crippen molar-refractivity contribution in [1.82, 2.24) is 0 Å². The van der Waals surface area contributed by atoms with E-state index in [2.05, 4.69) is 6.92 Å². The van der Waals surface area contributed by atoms with Gasteiger partial charge in [0, 0.05) is 5.56 Å². The van der Waals surface area contributed by atoms with E-state index in [0.29, 0.717) is 6.42 Å². The summed E-state index contributed by atoms with van der Waals surface area (Å²) in [6.07, 6.45) is 4.13. The zero-order valence-electron chi connectivity index (χ0n) is 24.0. The molecule has 0 saturated heterocycles. The standard InChI is InChI=1S/C35H31FO8/c1-2-3-4-5-14-21-43-35(42)26-27(29(37)22-15-8-6-9-16-22)31(39)32(40)33(44-34(41)23-17-10-7-11-18-23)28(26)30(38)24-19-12-13-20-25(24)36/h6-13,15-20,39-40H,2-5,14,21H2,1H3. The normalized spacial score (nSPS) is 10.7. The SMILES string of the molecule is CCCCCCCOC(=O)c1c(C(=O)c2ccccc2)c(O)c(O)c(OC(=O)c2ccccc2)c1C(=O)c1ccccc1F. The summed E-state index contributed by atoms with van der Waals surface area (Å²) in [6.45, 7) is 1.97. The lowest BCUT2D eigenvalue weighted by atomic mass is 9.88. The van der Waals surface area contributed by atoms with Gasteiger partial charge in [0.2, 0.25) is 11.5 Å². The van der Waals surface area contributed by atoms with Crippen LogP contribution in [-0.2, 0) is 4.74 Å². The van der Waals surface area contributed by atoms with Crippen molar-refractivity contribution in [2.75, 3.05) is 6.61 Å². The maximum Gasteiger partial charge on any atom is 0.343 e. The van der Waals surface area contributed by atoms with Crippen LogP contribution in [0.4, 0.5) is 4.39 Å². The van der Waals surface area contributed by atoms with Crippen LogP contribution in [-0.4, -0.2) is 40.3 Å². The number of phenolic OH excluding ortho intramolecular Hbond substituents is 2. The van der Waals surface area contributed by atoms with E-state index >= 15 is 0 Å². The van der Waals surface area contributed by atoms with Gasteiger partial charge in [-0.3, -0.25) is 9.59 Å². The van der Waals surface area contributed by atoms with Crippen molar-refractivity contribution in [2.24, 2.45) is 0 Å². The van der Waals surface area contributed by atoms with E-state index in [1.54, 1.807) is 36.4 Å². The van der Waals surface area contributed by atoms with Crippen LogP contribution < -0.4 is 4.74 Å². The van der Waals surface area contributed by atoms with E-state index in [0.717, 1.165) is 37.8 Å². The maximum absolute atomic E-state index is 14.9. The summed E-state index contributed by atoms with van der Waals surface area (Å²) in [6, 6.07) is 19.9. The first-order valence-electron chi connectivity index (χ1n) is 14.2. The number of hydrogen-bond donors (Lipinski definition) is 2. The summed E-state index contributed by atoms with van der Waals surface area (Å²) in [4.78, 5) is 54.6. The second-order valence-electron chi connectivity index (χ2n) is 9.96. The lowest BCUT2D eigenvalue weighted by molar-refractivity contribution is 0.0489. The summed E-state index contributed by atoms with van der Waals surface area (Å²) >= 11 is 0. The third kappa shape index (κ3) is 7.00. The van der Waals surface area contributed by atoms with Gasteiger partial charge in [-0.05, 0) is 30.7 Å². The third-order valence-corrected chi connectivity index (χ3v) is 6.90. The fourth-order valence-electron chi connectivity index (χ4n) is 4.62. The highest BCUT2D eigenvalue weighted by Gasteiger charge is 2.38. The zero-order valence-corrected chi connectivity index (χ0v) is 24.0. The van der Waals surface area contributed by atoms with E-state index in [1.165, 1.54) is 36.4 Å². The zero-order chi connectivity index (χ0) is 31.6. The molecular weight excluding hydrogens is 567 g/mol. The molecule has 0 heterocycles. The highest BCUT2D eigenvalue weighted by molar-refractivity contribution is 6.24. The molecule has 0 atom stereocenters. The van der Waals surface area contributed by atoms with Gasteiger partial charge in [0.1, 0.15) is 5.82 Å². The van der Waals surface area contributed by atoms with Crippen LogP contribution in [0.2, 0.25) is 0 Å². The first kappa shape index (κ1) is 31.6. The fraction of sp³-hybridized carbons (Fsp3) is 0.200. The fourth-order valence-corrected chi connectivity index (χ4v) is 4.62. The van der Waals surface area contributed by atoms with Crippen LogP contribution in [0, 0.1) is 5.82 Å². The number of unbranched alkanes of at least 4 members (excludes halogenated alkanes) is 4. The van der Waals surface area contributed by atoms with Gasteiger partial charge in [0.15, 0.2) is 17.3 Å². The number of benzene rings is 4. The Morgan fingerprint density at radius 3 is 1.86 bits per heavy atom. The largest absolute Gasteiger partial charge is 0.504 e. The minimum absolute atomic E-state index is 0.00846. The number of carbonyl (C=O) groups excluding carboxylic acids is 4. The number of phenols is 2. The molecule has 0 spiro atoms. The topological polar surface area (TPSA) is 127 Å². The van der Waals surface area contributed by atoms with Crippen molar-refractivity contribution in [3.05, 3.63) is 124 Å². The van der Waals surface area contributed by atoms with Gasteiger partial charge in [0.25, 0.3) is 0 Å². The summed E-state index contributed by atoms with van der Waals surface area (Å²) < 4.78 is 25.8. The summed E-state index contributed by atoms with van der Waals surface area (Å²) in [5.41, 5.74) is -2.87. The van der Waals surface area contributed by atoms with E-state index in [1.807, 2.05) is 0 Å². The van der Waals surface area contributed by atoms with Gasteiger partial charge in [0.05, 0.1) is 34.4 Å². The highest BCUT2D eigenvalue weighted by Crippen LogP contribution is 2.46. The Balaban J connectivity index is 1.95. The molecule has 0 aliphatic carbocycles. The third-order valence-electron chi connectivity index (χ3n) is 6.90. The summed E-state index contributed by atoms with van der Waals surface area (Å²) in [7, 11) is 0. The van der Waals surface area contributed by atoms with Crippen molar-refractivity contribution in [3.63, 3.8) is 0 Å². The Kier molecular flexibility index (Phi) is 10.6.